The van der Waals surface area contributed by atoms with Gasteiger partial charge in [0, 0.05) is 11.8 Å². The number of nitrogens with zero attached hydrogens (tertiary/aromatic N) is 2. The minimum atomic E-state index is -1.06. The van der Waals surface area contributed by atoms with Crippen LogP contribution in [-0.2, 0) is 0 Å². The molecular formula is C15H11N3O2. The lowest BCUT2D eigenvalue weighted by molar-refractivity contribution is 0.0692. The molecule has 3 aromatic rings. The maximum atomic E-state index is 11.3. The van der Waals surface area contributed by atoms with E-state index in [-0.39, 0.29) is 5.69 Å². The second kappa shape index (κ2) is 4.97. The van der Waals surface area contributed by atoms with Gasteiger partial charge >= 0.3 is 5.97 Å². The van der Waals surface area contributed by atoms with Crippen molar-refractivity contribution in [3.63, 3.8) is 0 Å². The number of carboxylic acids is 1. The summed E-state index contributed by atoms with van der Waals surface area (Å²) in [6.07, 6.45) is 1.61. The number of hydrogen-bond donors (Lipinski definition) is 2. The molecule has 0 amide bonds. The Balaban J connectivity index is 2.15. The van der Waals surface area contributed by atoms with E-state index in [1.165, 1.54) is 0 Å². The lowest BCUT2D eigenvalue weighted by Gasteiger charge is -1.96. The van der Waals surface area contributed by atoms with Crippen molar-refractivity contribution in [3.8, 4) is 22.8 Å². The van der Waals surface area contributed by atoms with Crippen LogP contribution in [-0.4, -0.2) is 26.0 Å². The summed E-state index contributed by atoms with van der Waals surface area (Å²) in [5, 5.41) is 9.29. The molecule has 98 valence electrons. The number of hydrogen-bond acceptors (Lipinski definition) is 3. The SMILES string of the molecule is O=C(O)c1[nH]c(-c2ccccc2)nc1-c1ccccn1. The maximum Gasteiger partial charge on any atom is 0.354 e. The fraction of sp³-hybridized carbons (Fsp3) is 0. The highest BCUT2D eigenvalue weighted by Crippen LogP contribution is 2.24. The lowest BCUT2D eigenvalue weighted by atomic mass is 10.2. The average Bonchev–Trinajstić information content (AvgIpc) is 2.94. The average molecular weight is 265 g/mol. The van der Waals surface area contributed by atoms with Gasteiger partial charge in [0.2, 0.25) is 0 Å². The number of aromatic amines is 1. The zero-order valence-electron chi connectivity index (χ0n) is 10.4. The minimum absolute atomic E-state index is 0.0440. The van der Waals surface area contributed by atoms with E-state index in [1.807, 2.05) is 30.3 Å². The zero-order valence-corrected chi connectivity index (χ0v) is 10.4. The molecule has 0 spiro atoms. The molecule has 2 heterocycles. The fourth-order valence-electron chi connectivity index (χ4n) is 1.95. The number of carboxylic acid groups (broad SMARTS) is 1. The summed E-state index contributed by atoms with van der Waals surface area (Å²) in [4.78, 5) is 22.7. The normalized spacial score (nSPS) is 10.4. The third kappa shape index (κ3) is 2.16. The van der Waals surface area contributed by atoms with Gasteiger partial charge in [-0.25, -0.2) is 9.78 Å². The Morgan fingerprint density at radius 3 is 2.45 bits per heavy atom. The van der Waals surface area contributed by atoms with E-state index < -0.39 is 5.97 Å². The number of rotatable bonds is 3. The number of H-pyrrole nitrogens is 1. The van der Waals surface area contributed by atoms with Crippen LogP contribution in [0.5, 0.6) is 0 Å². The predicted octanol–water partition coefficient (Wildman–Crippen LogP) is 2.84. The topological polar surface area (TPSA) is 78.9 Å². The third-order valence-electron chi connectivity index (χ3n) is 2.87. The monoisotopic (exact) mass is 265 g/mol. The highest BCUT2D eigenvalue weighted by atomic mass is 16.4. The molecule has 0 saturated heterocycles. The molecule has 0 aliphatic rings. The van der Waals surface area contributed by atoms with Crippen molar-refractivity contribution in [1.82, 2.24) is 15.0 Å². The molecule has 3 rings (SSSR count). The van der Waals surface area contributed by atoms with Crippen molar-refractivity contribution in [2.45, 2.75) is 0 Å². The summed E-state index contributed by atoms with van der Waals surface area (Å²) in [6, 6.07) is 14.7. The van der Waals surface area contributed by atoms with Crippen molar-refractivity contribution in [2.24, 2.45) is 0 Å². The van der Waals surface area contributed by atoms with Gasteiger partial charge in [-0.2, -0.15) is 0 Å². The second-order valence-electron chi connectivity index (χ2n) is 4.20. The number of aromatic carboxylic acids is 1. The van der Waals surface area contributed by atoms with Gasteiger partial charge in [-0.1, -0.05) is 36.4 Å². The molecule has 0 aliphatic heterocycles. The van der Waals surface area contributed by atoms with Crippen LogP contribution in [0.4, 0.5) is 0 Å². The number of imidazole rings is 1. The van der Waals surface area contributed by atoms with Gasteiger partial charge in [-0.3, -0.25) is 4.98 Å². The Hall–Kier alpha value is -2.95. The van der Waals surface area contributed by atoms with Gasteiger partial charge in [0.05, 0.1) is 5.69 Å². The Labute approximate surface area is 115 Å². The van der Waals surface area contributed by atoms with Crippen molar-refractivity contribution < 1.29 is 9.90 Å². The van der Waals surface area contributed by atoms with Crippen LogP contribution >= 0.6 is 0 Å². The Bertz CT molecular complexity index is 736. The molecule has 0 saturated carbocycles. The summed E-state index contributed by atoms with van der Waals surface area (Å²) in [6.45, 7) is 0. The number of aromatic nitrogens is 3. The van der Waals surface area contributed by atoms with E-state index in [1.54, 1.807) is 24.4 Å². The zero-order chi connectivity index (χ0) is 13.9. The summed E-state index contributed by atoms with van der Waals surface area (Å²) in [5.41, 5.74) is 1.75. The Morgan fingerprint density at radius 2 is 1.80 bits per heavy atom. The highest BCUT2D eigenvalue weighted by Gasteiger charge is 2.19. The molecule has 2 N–H and O–H groups in total. The molecule has 20 heavy (non-hydrogen) atoms. The van der Waals surface area contributed by atoms with E-state index in [2.05, 4.69) is 15.0 Å². The number of carbonyl (C=O) groups is 1. The van der Waals surface area contributed by atoms with E-state index in [0.717, 1.165) is 5.56 Å². The van der Waals surface area contributed by atoms with Crippen LogP contribution in [0.25, 0.3) is 22.8 Å². The summed E-state index contributed by atoms with van der Waals surface area (Å²) in [7, 11) is 0. The smallest absolute Gasteiger partial charge is 0.354 e. The molecule has 2 aromatic heterocycles. The third-order valence-corrected chi connectivity index (χ3v) is 2.87. The van der Waals surface area contributed by atoms with E-state index >= 15 is 0 Å². The van der Waals surface area contributed by atoms with Crippen LogP contribution in [0.2, 0.25) is 0 Å². The first-order valence-corrected chi connectivity index (χ1v) is 6.06. The first kappa shape index (κ1) is 12.1. The first-order valence-electron chi connectivity index (χ1n) is 6.06. The van der Waals surface area contributed by atoms with Crippen molar-refractivity contribution >= 4 is 5.97 Å². The predicted molar refractivity (Wildman–Crippen MR) is 74.2 cm³/mol. The van der Waals surface area contributed by atoms with Gasteiger partial charge < -0.3 is 10.1 Å². The quantitative estimate of drug-likeness (QED) is 0.763. The Kier molecular flexibility index (Phi) is 3.01. The molecule has 0 unspecified atom stereocenters. The van der Waals surface area contributed by atoms with Crippen molar-refractivity contribution in [1.29, 1.82) is 0 Å². The molecule has 5 heteroatoms. The van der Waals surface area contributed by atoms with Gasteiger partial charge in [0.1, 0.15) is 11.5 Å². The first-order chi connectivity index (χ1) is 9.75. The molecule has 0 aliphatic carbocycles. The number of benzene rings is 1. The lowest BCUT2D eigenvalue weighted by Crippen LogP contribution is -1.99. The van der Waals surface area contributed by atoms with Gasteiger partial charge in [-0.15, -0.1) is 0 Å². The molecule has 0 fully saturated rings. The number of nitrogens with one attached hydrogen (secondary N) is 1. The molecule has 1 aromatic carbocycles. The minimum Gasteiger partial charge on any atom is -0.477 e. The van der Waals surface area contributed by atoms with Crippen molar-refractivity contribution in [3.05, 3.63) is 60.4 Å². The molecule has 0 radical (unpaired) electrons. The van der Waals surface area contributed by atoms with Crippen LogP contribution in [0.1, 0.15) is 10.5 Å². The number of pyridine rings is 1. The van der Waals surface area contributed by atoms with E-state index in [4.69, 9.17) is 0 Å². The summed E-state index contributed by atoms with van der Waals surface area (Å²) in [5.74, 6) is -0.538. The van der Waals surface area contributed by atoms with Crippen LogP contribution < -0.4 is 0 Å². The Morgan fingerprint density at radius 1 is 1.05 bits per heavy atom. The summed E-state index contributed by atoms with van der Waals surface area (Å²) < 4.78 is 0. The van der Waals surface area contributed by atoms with Gasteiger partial charge in [0.15, 0.2) is 5.69 Å². The van der Waals surface area contributed by atoms with Gasteiger partial charge in [-0.05, 0) is 12.1 Å². The van der Waals surface area contributed by atoms with Crippen LogP contribution in [0.15, 0.2) is 54.7 Å². The molecular weight excluding hydrogens is 254 g/mol. The highest BCUT2D eigenvalue weighted by molar-refractivity contribution is 5.93. The maximum absolute atomic E-state index is 11.3. The largest absolute Gasteiger partial charge is 0.477 e. The van der Waals surface area contributed by atoms with Crippen LogP contribution in [0, 0.1) is 0 Å². The molecule has 0 bridgehead atoms. The molecule has 5 nitrogen and oxygen atoms in total. The summed E-state index contributed by atoms with van der Waals surface area (Å²) >= 11 is 0. The van der Waals surface area contributed by atoms with E-state index in [9.17, 15) is 9.90 Å². The standard InChI is InChI=1S/C15H11N3O2/c19-15(20)13-12(11-8-4-5-9-16-11)17-14(18-13)10-6-2-1-3-7-10/h1-9H,(H,17,18)(H,19,20). The van der Waals surface area contributed by atoms with Gasteiger partial charge in [0.25, 0.3) is 0 Å². The second-order valence-corrected chi connectivity index (χ2v) is 4.20. The van der Waals surface area contributed by atoms with Crippen molar-refractivity contribution in [2.75, 3.05) is 0 Å². The molecule has 0 atom stereocenters. The van der Waals surface area contributed by atoms with Crippen LogP contribution in [0.3, 0.4) is 0 Å². The fourth-order valence-corrected chi connectivity index (χ4v) is 1.95. The van der Waals surface area contributed by atoms with E-state index in [0.29, 0.717) is 17.2 Å².